The van der Waals surface area contributed by atoms with E-state index in [1.54, 1.807) is 10.9 Å². The van der Waals surface area contributed by atoms with E-state index in [0.29, 0.717) is 6.54 Å². The van der Waals surface area contributed by atoms with Crippen LogP contribution in [0.3, 0.4) is 0 Å². The number of aryl methyl sites for hydroxylation is 2. The van der Waals surface area contributed by atoms with Crippen LogP contribution < -0.4 is 10.6 Å². The first kappa shape index (κ1) is 14.1. The molecule has 0 aliphatic rings. The van der Waals surface area contributed by atoms with Crippen LogP contribution in [0.2, 0.25) is 0 Å². The molecule has 7 nitrogen and oxygen atoms in total. The molecule has 2 N–H and O–H groups in total. The maximum atomic E-state index is 11.9. The van der Waals surface area contributed by atoms with Crippen molar-refractivity contribution in [1.29, 1.82) is 0 Å². The van der Waals surface area contributed by atoms with Gasteiger partial charge in [0.2, 0.25) is 0 Å². The molecule has 108 valence electrons. The van der Waals surface area contributed by atoms with E-state index < -0.39 is 0 Å². The van der Waals surface area contributed by atoms with Gasteiger partial charge in [-0.1, -0.05) is 0 Å². The standard InChI is InChI=1S/C13H20N6O/c1-9-5-6-11(19(9)4)7-14-13(20)16-10(2)12-17-15-8-18(12)3/h5-6,8,10H,7H2,1-4H3,(H2,14,16,20)/t10-/m0/s1. The van der Waals surface area contributed by atoms with Gasteiger partial charge in [-0.25, -0.2) is 4.79 Å². The average molecular weight is 276 g/mol. The van der Waals surface area contributed by atoms with Gasteiger partial charge in [-0.15, -0.1) is 10.2 Å². The summed E-state index contributed by atoms with van der Waals surface area (Å²) < 4.78 is 3.83. The average Bonchev–Trinajstić information content (AvgIpc) is 2.96. The Morgan fingerprint density at radius 1 is 1.40 bits per heavy atom. The highest BCUT2D eigenvalue weighted by atomic mass is 16.2. The lowest BCUT2D eigenvalue weighted by atomic mass is 10.3. The van der Waals surface area contributed by atoms with Gasteiger partial charge in [-0.05, 0) is 26.0 Å². The van der Waals surface area contributed by atoms with Crippen LogP contribution in [0.5, 0.6) is 0 Å². The molecule has 0 bridgehead atoms. The summed E-state index contributed by atoms with van der Waals surface area (Å²) in [4.78, 5) is 11.9. The molecular weight excluding hydrogens is 256 g/mol. The second kappa shape index (κ2) is 5.77. The zero-order valence-corrected chi connectivity index (χ0v) is 12.2. The molecule has 2 rings (SSSR count). The van der Waals surface area contributed by atoms with Crippen molar-refractivity contribution in [2.45, 2.75) is 26.4 Å². The lowest BCUT2D eigenvalue weighted by Gasteiger charge is -2.14. The second-order valence-corrected chi connectivity index (χ2v) is 4.87. The zero-order chi connectivity index (χ0) is 14.7. The molecule has 0 aliphatic carbocycles. The Morgan fingerprint density at radius 3 is 2.70 bits per heavy atom. The van der Waals surface area contributed by atoms with Crippen LogP contribution in [0, 0.1) is 6.92 Å². The van der Waals surface area contributed by atoms with Crippen LogP contribution in [0.1, 0.15) is 30.2 Å². The van der Waals surface area contributed by atoms with Crippen molar-refractivity contribution in [3.8, 4) is 0 Å². The predicted octanol–water partition coefficient (Wildman–Crippen LogP) is 1.02. The minimum absolute atomic E-state index is 0.197. The maximum absolute atomic E-state index is 11.9. The number of hydrogen-bond acceptors (Lipinski definition) is 3. The number of nitrogens with one attached hydrogen (secondary N) is 2. The fourth-order valence-corrected chi connectivity index (χ4v) is 2.01. The van der Waals surface area contributed by atoms with Crippen molar-refractivity contribution in [3.63, 3.8) is 0 Å². The Hall–Kier alpha value is -2.31. The van der Waals surface area contributed by atoms with Crippen molar-refractivity contribution >= 4 is 6.03 Å². The third kappa shape index (κ3) is 2.98. The summed E-state index contributed by atoms with van der Waals surface area (Å²) in [6.07, 6.45) is 1.61. The second-order valence-electron chi connectivity index (χ2n) is 4.87. The Balaban J connectivity index is 1.87. The van der Waals surface area contributed by atoms with Crippen molar-refractivity contribution in [2.75, 3.05) is 0 Å². The largest absolute Gasteiger partial charge is 0.350 e. The van der Waals surface area contributed by atoms with Gasteiger partial charge >= 0.3 is 6.03 Å². The number of carbonyl (C=O) groups is 1. The van der Waals surface area contributed by atoms with E-state index in [9.17, 15) is 4.79 Å². The number of hydrogen-bond donors (Lipinski definition) is 2. The smallest absolute Gasteiger partial charge is 0.315 e. The molecule has 2 heterocycles. The molecular formula is C13H20N6O. The first-order chi connectivity index (χ1) is 9.49. The minimum atomic E-state index is -0.223. The molecule has 2 aromatic rings. The number of nitrogens with zero attached hydrogens (tertiary/aromatic N) is 4. The Bertz CT molecular complexity index is 600. The number of rotatable bonds is 4. The monoisotopic (exact) mass is 276 g/mol. The summed E-state index contributed by atoms with van der Waals surface area (Å²) in [5.41, 5.74) is 2.22. The van der Waals surface area contributed by atoms with Crippen LogP contribution in [0.15, 0.2) is 18.5 Å². The molecule has 2 aromatic heterocycles. The van der Waals surface area contributed by atoms with Gasteiger partial charge in [0.05, 0.1) is 12.6 Å². The van der Waals surface area contributed by atoms with Crippen molar-refractivity contribution in [2.24, 2.45) is 14.1 Å². The van der Waals surface area contributed by atoms with Crippen LogP contribution in [0.25, 0.3) is 0 Å². The third-order valence-electron chi connectivity index (χ3n) is 3.39. The molecule has 1 atom stereocenters. The topological polar surface area (TPSA) is 76.8 Å². The van der Waals surface area contributed by atoms with E-state index in [4.69, 9.17) is 0 Å². The molecule has 0 spiro atoms. The number of amides is 2. The van der Waals surface area contributed by atoms with Crippen LogP contribution in [0.4, 0.5) is 4.79 Å². The lowest BCUT2D eigenvalue weighted by molar-refractivity contribution is 0.236. The number of carbonyl (C=O) groups excluding carboxylic acids is 1. The minimum Gasteiger partial charge on any atom is -0.350 e. The molecule has 20 heavy (non-hydrogen) atoms. The van der Waals surface area contributed by atoms with E-state index in [0.717, 1.165) is 17.2 Å². The summed E-state index contributed by atoms with van der Waals surface area (Å²) in [6, 6.07) is 3.61. The first-order valence-corrected chi connectivity index (χ1v) is 6.48. The van der Waals surface area contributed by atoms with Gasteiger partial charge in [0.15, 0.2) is 5.82 Å². The molecule has 0 aromatic carbocycles. The number of aromatic nitrogens is 4. The van der Waals surface area contributed by atoms with E-state index in [-0.39, 0.29) is 12.1 Å². The highest BCUT2D eigenvalue weighted by Crippen LogP contribution is 2.07. The summed E-state index contributed by atoms with van der Waals surface area (Å²) in [7, 11) is 3.82. The van der Waals surface area contributed by atoms with E-state index in [1.165, 1.54) is 0 Å². The van der Waals surface area contributed by atoms with Gasteiger partial charge < -0.3 is 19.8 Å². The van der Waals surface area contributed by atoms with Gasteiger partial charge in [-0.2, -0.15) is 0 Å². The SMILES string of the molecule is Cc1ccc(CNC(=O)N[C@@H](C)c2nncn2C)n1C. The summed E-state index contributed by atoms with van der Waals surface area (Å²) in [5.74, 6) is 0.717. The third-order valence-corrected chi connectivity index (χ3v) is 3.39. The Kier molecular flexibility index (Phi) is 4.07. The van der Waals surface area contributed by atoms with Gasteiger partial charge in [0.1, 0.15) is 6.33 Å². The van der Waals surface area contributed by atoms with Crippen molar-refractivity contribution < 1.29 is 4.79 Å². The first-order valence-electron chi connectivity index (χ1n) is 6.48. The molecule has 0 unspecified atom stereocenters. The predicted molar refractivity (Wildman–Crippen MR) is 74.9 cm³/mol. The van der Waals surface area contributed by atoms with Crippen molar-refractivity contribution in [3.05, 3.63) is 35.7 Å². The molecule has 0 saturated carbocycles. The van der Waals surface area contributed by atoms with Gasteiger partial charge in [0.25, 0.3) is 0 Å². The number of urea groups is 1. The van der Waals surface area contributed by atoms with Crippen LogP contribution in [-0.4, -0.2) is 25.4 Å². The molecule has 0 saturated heterocycles. The summed E-state index contributed by atoms with van der Waals surface area (Å²) >= 11 is 0. The molecule has 2 amide bonds. The Morgan fingerprint density at radius 2 is 2.15 bits per heavy atom. The highest BCUT2D eigenvalue weighted by Gasteiger charge is 2.14. The van der Waals surface area contributed by atoms with E-state index >= 15 is 0 Å². The maximum Gasteiger partial charge on any atom is 0.315 e. The fraction of sp³-hybridized carbons (Fsp3) is 0.462. The van der Waals surface area contributed by atoms with Gasteiger partial charge in [0, 0.05) is 25.5 Å². The zero-order valence-electron chi connectivity index (χ0n) is 12.2. The normalized spacial score (nSPS) is 12.2. The molecule has 0 aliphatic heterocycles. The van der Waals surface area contributed by atoms with Crippen molar-refractivity contribution in [1.82, 2.24) is 30.0 Å². The lowest BCUT2D eigenvalue weighted by Crippen LogP contribution is -2.37. The summed E-state index contributed by atoms with van der Waals surface area (Å²) in [6.45, 7) is 4.39. The molecule has 0 radical (unpaired) electrons. The molecule has 0 fully saturated rings. The quantitative estimate of drug-likeness (QED) is 0.875. The summed E-state index contributed by atoms with van der Waals surface area (Å²) in [5, 5.41) is 13.4. The van der Waals surface area contributed by atoms with Crippen LogP contribution in [-0.2, 0) is 20.6 Å². The Labute approximate surface area is 118 Å². The van der Waals surface area contributed by atoms with Gasteiger partial charge in [-0.3, -0.25) is 0 Å². The molecule has 7 heteroatoms. The van der Waals surface area contributed by atoms with Crippen LogP contribution >= 0.6 is 0 Å². The highest BCUT2D eigenvalue weighted by molar-refractivity contribution is 5.74. The fourth-order valence-electron chi connectivity index (χ4n) is 2.01. The van der Waals surface area contributed by atoms with E-state index in [1.807, 2.05) is 44.6 Å². The van der Waals surface area contributed by atoms with E-state index in [2.05, 4.69) is 20.8 Å².